The fourth-order valence-electron chi connectivity index (χ4n) is 4.15. The number of H-pyrrole nitrogens is 1. The normalized spacial score (nSPS) is 11.1. The standard InChI is InChI=1S/C27H31N5O3/c1-6-35-24-10-17(4)31-26(33)21(24)14-29-27(34)23-13-19(18-8-7-9-20(11-18)28-5)12-22-25(16(2)3)30-15-32(22)23/h7-13,15-16,28H,6,14H2,1-5H3,(H,29,34)(H,31,33). The molecular weight excluding hydrogens is 442 g/mol. The fourth-order valence-corrected chi connectivity index (χ4v) is 4.15. The van der Waals surface area contributed by atoms with E-state index in [-0.39, 0.29) is 23.9 Å². The first-order chi connectivity index (χ1) is 16.8. The summed E-state index contributed by atoms with van der Waals surface area (Å²) >= 11 is 0. The summed E-state index contributed by atoms with van der Waals surface area (Å²) in [5.74, 6) is 0.355. The Morgan fingerprint density at radius 1 is 1.17 bits per heavy atom. The molecule has 0 aliphatic heterocycles. The van der Waals surface area contributed by atoms with Crippen molar-refractivity contribution >= 4 is 17.1 Å². The van der Waals surface area contributed by atoms with E-state index < -0.39 is 0 Å². The number of nitrogens with zero attached hydrogens (tertiary/aromatic N) is 2. The molecule has 0 spiro atoms. The van der Waals surface area contributed by atoms with Crippen LogP contribution in [0.2, 0.25) is 0 Å². The van der Waals surface area contributed by atoms with Crippen molar-refractivity contribution in [1.82, 2.24) is 19.7 Å². The summed E-state index contributed by atoms with van der Waals surface area (Å²) in [6, 6.07) is 13.7. The van der Waals surface area contributed by atoms with E-state index in [1.54, 1.807) is 23.7 Å². The van der Waals surface area contributed by atoms with Gasteiger partial charge in [0.15, 0.2) is 0 Å². The quantitative estimate of drug-likeness (QED) is 0.350. The zero-order chi connectivity index (χ0) is 25.1. The molecule has 0 unspecified atom stereocenters. The number of hydrogen-bond donors (Lipinski definition) is 3. The van der Waals surface area contributed by atoms with Gasteiger partial charge in [0, 0.05) is 18.4 Å². The molecular formula is C27H31N5O3. The van der Waals surface area contributed by atoms with Crippen molar-refractivity contribution in [2.45, 2.75) is 40.2 Å². The van der Waals surface area contributed by atoms with Gasteiger partial charge in [0.1, 0.15) is 17.8 Å². The highest BCUT2D eigenvalue weighted by Gasteiger charge is 2.19. The minimum atomic E-state index is -0.309. The second-order valence-electron chi connectivity index (χ2n) is 8.74. The van der Waals surface area contributed by atoms with E-state index in [1.807, 2.05) is 44.3 Å². The summed E-state index contributed by atoms with van der Waals surface area (Å²) in [6.07, 6.45) is 1.68. The molecule has 35 heavy (non-hydrogen) atoms. The van der Waals surface area contributed by atoms with Gasteiger partial charge in [-0.3, -0.25) is 14.0 Å². The number of imidazole rings is 1. The molecule has 8 nitrogen and oxygen atoms in total. The van der Waals surface area contributed by atoms with Crippen molar-refractivity contribution in [2.24, 2.45) is 0 Å². The number of aromatic nitrogens is 3. The highest BCUT2D eigenvalue weighted by molar-refractivity contribution is 5.95. The predicted molar refractivity (Wildman–Crippen MR) is 138 cm³/mol. The van der Waals surface area contributed by atoms with E-state index >= 15 is 0 Å². The minimum Gasteiger partial charge on any atom is -0.493 e. The van der Waals surface area contributed by atoms with E-state index in [0.29, 0.717) is 29.3 Å². The van der Waals surface area contributed by atoms with Crippen LogP contribution in [0.15, 0.2) is 53.6 Å². The summed E-state index contributed by atoms with van der Waals surface area (Å²) in [5, 5.41) is 6.06. The zero-order valence-corrected chi connectivity index (χ0v) is 20.7. The van der Waals surface area contributed by atoms with E-state index in [2.05, 4.69) is 40.5 Å². The average molecular weight is 474 g/mol. The van der Waals surface area contributed by atoms with Gasteiger partial charge in [-0.1, -0.05) is 26.0 Å². The SMILES string of the molecule is CCOc1cc(C)[nH]c(=O)c1CNC(=O)c1cc(-c2cccc(NC)c2)cc2c(C(C)C)ncn12. The van der Waals surface area contributed by atoms with Gasteiger partial charge < -0.3 is 20.4 Å². The summed E-state index contributed by atoms with van der Waals surface area (Å²) in [6.45, 7) is 8.27. The Balaban J connectivity index is 1.76. The van der Waals surface area contributed by atoms with Crippen molar-refractivity contribution < 1.29 is 9.53 Å². The second-order valence-corrected chi connectivity index (χ2v) is 8.74. The number of ether oxygens (including phenoxy) is 1. The van der Waals surface area contributed by atoms with Gasteiger partial charge in [-0.25, -0.2) is 4.98 Å². The van der Waals surface area contributed by atoms with E-state index in [4.69, 9.17) is 4.74 Å². The number of hydrogen-bond acceptors (Lipinski definition) is 5. The van der Waals surface area contributed by atoms with Crippen molar-refractivity contribution in [1.29, 1.82) is 0 Å². The Morgan fingerprint density at radius 2 is 1.97 bits per heavy atom. The van der Waals surface area contributed by atoms with Gasteiger partial charge in [-0.05, 0) is 61.2 Å². The molecule has 0 radical (unpaired) electrons. The highest BCUT2D eigenvalue weighted by Crippen LogP contribution is 2.29. The summed E-state index contributed by atoms with van der Waals surface area (Å²) in [5.41, 5.74) is 5.91. The van der Waals surface area contributed by atoms with E-state index in [0.717, 1.165) is 28.0 Å². The maximum absolute atomic E-state index is 13.4. The lowest BCUT2D eigenvalue weighted by atomic mass is 10.0. The lowest BCUT2D eigenvalue weighted by Gasteiger charge is -2.14. The highest BCUT2D eigenvalue weighted by atomic mass is 16.5. The lowest BCUT2D eigenvalue weighted by molar-refractivity contribution is 0.0944. The third kappa shape index (κ3) is 4.91. The largest absolute Gasteiger partial charge is 0.493 e. The molecule has 0 atom stereocenters. The van der Waals surface area contributed by atoms with Crippen LogP contribution in [0.3, 0.4) is 0 Å². The molecule has 3 N–H and O–H groups in total. The number of anilines is 1. The average Bonchev–Trinajstić information content (AvgIpc) is 3.27. The number of rotatable bonds is 8. The number of aryl methyl sites for hydroxylation is 1. The van der Waals surface area contributed by atoms with Crippen LogP contribution in [0.25, 0.3) is 16.6 Å². The van der Waals surface area contributed by atoms with Crippen molar-refractivity contribution in [3.05, 3.63) is 81.8 Å². The van der Waals surface area contributed by atoms with Gasteiger partial charge in [0.05, 0.1) is 29.9 Å². The first-order valence-corrected chi connectivity index (χ1v) is 11.7. The van der Waals surface area contributed by atoms with Crippen LogP contribution < -0.4 is 20.9 Å². The van der Waals surface area contributed by atoms with Crippen LogP contribution >= 0.6 is 0 Å². The van der Waals surface area contributed by atoms with Crippen molar-refractivity contribution in [2.75, 3.05) is 19.0 Å². The zero-order valence-electron chi connectivity index (χ0n) is 20.7. The molecule has 8 heteroatoms. The van der Waals surface area contributed by atoms with Gasteiger partial charge >= 0.3 is 0 Å². The van der Waals surface area contributed by atoms with Crippen LogP contribution in [-0.2, 0) is 6.54 Å². The number of pyridine rings is 2. The second kappa shape index (κ2) is 10.0. The Kier molecular flexibility index (Phi) is 6.91. The first-order valence-electron chi connectivity index (χ1n) is 11.7. The van der Waals surface area contributed by atoms with Gasteiger partial charge in [-0.2, -0.15) is 0 Å². The third-order valence-corrected chi connectivity index (χ3v) is 5.90. The van der Waals surface area contributed by atoms with E-state index in [9.17, 15) is 9.59 Å². The number of nitrogens with one attached hydrogen (secondary N) is 3. The van der Waals surface area contributed by atoms with Crippen LogP contribution in [0.5, 0.6) is 5.75 Å². The van der Waals surface area contributed by atoms with Gasteiger partial charge in [-0.15, -0.1) is 0 Å². The number of carbonyl (C=O) groups is 1. The number of fused-ring (bicyclic) bond motifs is 1. The molecule has 0 saturated heterocycles. The molecule has 0 fully saturated rings. The van der Waals surface area contributed by atoms with Crippen molar-refractivity contribution in [3.63, 3.8) is 0 Å². The Hall–Kier alpha value is -4.07. The topological polar surface area (TPSA) is 101 Å². The Bertz CT molecular complexity index is 1430. The third-order valence-electron chi connectivity index (χ3n) is 5.90. The van der Waals surface area contributed by atoms with Crippen LogP contribution in [0.1, 0.15) is 54.1 Å². The molecule has 1 amide bonds. The molecule has 0 saturated carbocycles. The summed E-state index contributed by atoms with van der Waals surface area (Å²) in [4.78, 5) is 33.4. The number of amides is 1. The molecule has 0 aliphatic carbocycles. The number of benzene rings is 1. The van der Waals surface area contributed by atoms with Crippen LogP contribution in [-0.4, -0.2) is 33.9 Å². The van der Waals surface area contributed by atoms with Gasteiger partial charge in [0.25, 0.3) is 11.5 Å². The van der Waals surface area contributed by atoms with E-state index in [1.165, 1.54) is 0 Å². The van der Waals surface area contributed by atoms with Crippen LogP contribution in [0.4, 0.5) is 5.69 Å². The molecule has 4 aromatic rings. The predicted octanol–water partition coefficient (Wildman–Crippen LogP) is 4.49. The smallest absolute Gasteiger partial charge is 0.268 e. The number of aromatic amines is 1. The maximum Gasteiger partial charge on any atom is 0.268 e. The molecule has 182 valence electrons. The maximum atomic E-state index is 13.4. The minimum absolute atomic E-state index is 0.0382. The lowest BCUT2D eigenvalue weighted by Crippen LogP contribution is -2.29. The molecule has 4 rings (SSSR count). The first kappa shape index (κ1) is 24.1. The molecule has 3 aromatic heterocycles. The Labute approximate surface area is 204 Å². The molecule has 3 heterocycles. The van der Waals surface area contributed by atoms with Crippen molar-refractivity contribution in [3.8, 4) is 16.9 Å². The van der Waals surface area contributed by atoms with Crippen LogP contribution in [0, 0.1) is 6.92 Å². The number of carbonyl (C=O) groups excluding carboxylic acids is 1. The fraction of sp³-hybridized carbons (Fsp3) is 0.296. The summed E-state index contributed by atoms with van der Waals surface area (Å²) in [7, 11) is 1.87. The van der Waals surface area contributed by atoms with Gasteiger partial charge in [0.2, 0.25) is 0 Å². The molecule has 0 aliphatic rings. The summed E-state index contributed by atoms with van der Waals surface area (Å²) < 4.78 is 7.45. The Morgan fingerprint density at radius 3 is 2.69 bits per heavy atom. The molecule has 1 aromatic carbocycles. The monoisotopic (exact) mass is 473 g/mol. The molecule has 0 bridgehead atoms.